The van der Waals surface area contributed by atoms with Gasteiger partial charge in [-0.1, -0.05) is 11.6 Å². The fraction of sp³-hybridized carbons (Fsp3) is 0.231. The topological polar surface area (TPSA) is 44.1 Å². The van der Waals surface area contributed by atoms with Crippen LogP contribution in [0.15, 0.2) is 36.9 Å². The van der Waals surface area contributed by atoms with Gasteiger partial charge in [0.1, 0.15) is 12.0 Å². The molecule has 0 bridgehead atoms. The monoisotopic (exact) mass is 264 g/mol. The normalized spacial score (nSPS) is 10.3. The molecule has 1 heterocycles. The Morgan fingerprint density at radius 1 is 1.44 bits per heavy atom. The van der Waals surface area contributed by atoms with Gasteiger partial charge in [0.2, 0.25) is 0 Å². The van der Waals surface area contributed by atoms with Crippen LogP contribution in [0.2, 0.25) is 5.02 Å². The Kier molecular flexibility index (Phi) is 4.36. The Morgan fingerprint density at radius 2 is 2.33 bits per heavy atom. The Bertz CT molecular complexity index is 512. The second-order valence-electron chi connectivity index (χ2n) is 3.81. The summed E-state index contributed by atoms with van der Waals surface area (Å²) in [5.41, 5.74) is 0.547. The first-order valence-corrected chi connectivity index (χ1v) is 6.00. The number of imidazole rings is 1. The van der Waals surface area contributed by atoms with Gasteiger partial charge >= 0.3 is 0 Å². The minimum Gasteiger partial charge on any atom is -0.492 e. The maximum absolute atomic E-state index is 10.6. The summed E-state index contributed by atoms with van der Waals surface area (Å²) in [4.78, 5) is 14.5. The van der Waals surface area contributed by atoms with E-state index in [0.717, 1.165) is 19.3 Å². The van der Waals surface area contributed by atoms with E-state index in [4.69, 9.17) is 16.3 Å². The fourth-order valence-electron chi connectivity index (χ4n) is 1.56. The average molecular weight is 265 g/mol. The van der Waals surface area contributed by atoms with Gasteiger partial charge in [0.15, 0.2) is 0 Å². The molecule has 0 unspecified atom stereocenters. The van der Waals surface area contributed by atoms with Gasteiger partial charge in [0.05, 0.1) is 18.0 Å². The molecule has 0 spiro atoms. The number of carbonyl (C=O) groups is 1. The minimum absolute atomic E-state index is 0.460. The number of aryl methyl sites for hydroxylation is 1. The molecule has 0 aliphatic carbocycles. The highest BCUT2D eigenvalue weighted by Gasteiger charge is 2.02. The highest BCUT2D eigenvalue weighted by Crippen LogP contribution is 2.24. The van der Waals surface area contributed by atoms with Crippen LogP contribution in [0.3, 0.4) is 0 Å². The summed E-state index contributed by atoms with van der Waals surface area (Å²) in [5, 5.41) is 0.460. The summed E-state index contributed by atoms with van der Waals surface area (Å²) in [5.74, 6) is 0.605. The first kappa shape index (κ1) is 12.6. The molecule has 0 aliphatic rings. The SMILES string of the molecule is O=Cc1ccc(OCCCn2ccnc2)c(Cl)c1. The number of hydrogen-bond donors (Lipinski definition) is 0. The number of benzene rings is 1. The van der Waals surface area contributed by atoms with Crippen molar-refractivity contribution < 1.29 is 9.53 Å². The first-order valence-electron chi connectivity index (χ1n) is 5.63. The number of nitrogens with zero attached hydrogens (tertiary/aromatic N) is 2. The van der Waals surface area contributed by atoms with E-state index in [0.29, 0.717) is 22.9 Å². The van der Waals surface area contributed by atoms with Crippen molar-refractivity contribution in [2.24, 2.45) is 0 Å². The Hall–Kier alpha value is -1.81. The lowest BCUT2D eigenvalue weighted by Gasteiger charge is -2.08. The fourth-order valence-corrected chi connectivity index (χ4v) is 1.80. The highest BCUT2D eigenvalue weighted by atomic mass is 35.5. The molecule has 0 fully saturated rings. The highest BCUT2D eigenvalue weighted by molar-refractivity contribution is 6.32. The van der Waals surface area contributed by atoms with Crippen LogP contribution in [-0.2, 0) is 6.54 Å². The van der Waals surface area contributed by atoms with Gasteiger partial charge < -0.3 is 9.30 Å². The number of carbonyl (C=O) groups excluding carboxylic acids is 1. The standard InChI is InChI=1S/C13H13ClN2O2/c14-12-8-11(9-17)2-3-13(12)18-7-1-5-16-6-4-15-10-16/h2-4,6,8-10H,1,5,7H2. The summed E-state index contributed by atoms with van der Waals surface area (Å²) >= 11 is 5.99. The van der Waals surface area contributed by atoms with E-state index < -0.39 is 0 Å². The van der Waals surface area contributed by atoms with Crippen molar-refractivity contribution in [1.82, 2.24) is 9.55 Å². The van der Waals surface area contributed by atoms with Crippen molar-refractivity contribution in [3.63, 3.8) is 0 Å². The molecule has 1 aromatic carbocycles. The second kappa shape index (κ2) is 6.21. The molecule has 0 radical (unpaired) electrons. The van der Waals surface area contributed by atoms with Crippen LogP contribution in [-0.4, -0.2) is 22.4 Å². The number of aromatic nitrogens is 2. The average Bonchev–Trinajstić information content (AvgIpc) is 2.89. The van der Waals surface area contributed by atoms with E-state index in [1.807, 2.05) is 10.8 Å². The van der Waals surface area contributed by atoms with Crippen molar-refractivity contribution in [2.45, 2.75) is 13.0 Å². The van der Waals surface area contributed by atoms with Gasteiger partial charge in [-0.05, 0) is 24.6 Å². The summed E-state index contributed by atoms with van der Waals surface area (Å²) in [6.07, 6.45) is 7.05. The van der Waals surface area contributed by atoms with E-state index in [1.54, 1.807) is 30.7 Å². The third-order valence-corrected chi connectivity index (χ3v) is 2.76. The van der Waals surface area contributed by atoms with Gasteiger partial charge in [0, 0.05) is 24.5 Å². The van der Waals surface area contributed by atoms with Crippen LogP contribution in [0.4, 0.5) is 0 Å². The molecule has 0 aliphatic heterocycles. The zero-order chi connectivity index (χ0) is 12.8. The van der Waals surface area contributed by atoms with Crippen LogP contribution in [0.1, 0.15) is 16.8 Å². The van der Waals surface area contributed by atoms with Gasteiger partial charge in [-0.3, -0.25) is 4.79 Å². The number of halogens is 1. The lowest BCUT2D eigenvalue weighted by molar-refractivity contribution is 0.112. The summed E-state index contributed by atoms with van der Waals surface area (Å²) < 4.78 is 7.54. The van der Waals surface area contributed by atoms with E-state index in [-0.39, 0.29) is 0 Å². The lowest BCUT2D eigenvalue weighted by Crippen LogP contribution is -2.03. The maximum Gasteiger partial charge on any atom is 0.150 e. The Morgan fingerprint density at radius 3 is 3.00 bits per heavy atom. The van der Waals surface area contributed by atoms with Gasteiger partial charge in [0.25, 0.3) is 0 Å². The molecule has 0 saturated carbocycles. The molecule has 5 heteroatoms. The number of hydrogen-bond acceptors (Lipinski definition) is 3. The smallest absolute Gasteiger partial charge is 0.150 e. The van der Waals surface area contributed by atoms with Gasteiger partial charge in [-0.25, -0.2) is 4.98 Å². The molecule has 0 amide bonds. The van der Waals surface area contributed by atoms with Crippen molar-refractivity contribution in [3.8, 4) is 5.75 Å². The first-order chi connectivity index (χ1) is 8.79. The summed E-state index contributed by atoms with van der Waals surface area (Å²) in [6.45, 7) is 1.42. The minimum atomic E-state index is 0.460. The molecular weight excluding hydrogens is 252 g/mol. The van der Waals surface area contributed by atoms with Crippen LogP contribution >= 0.6 is 11.6 Å². The predicted molar refractivity (Wildman–Crippen MR) is 69.2 cm³/mol. The largest absolute Gasteiger partial charge is 0.492 e. The molecule has 0 atom stereocenters. The predicted octanol–water partition coefficient (Wildman–Crippen LogP) is 2.82. The zero-order valence-electron chi connectivity index (χ0n) is 9.75. The Labute approximate surface area is 110 Å². The molecule has 4 nitrogen and oxygen atoms in total. The molecular formula is C13H13ClN2O2. The molecule has 2 aromatic rings. The van der Waals surface area contributed by atoms with E-state index in [2.05, 4.69) is 4.98 Å². The van der Waals surface area contributed by atoms with Crippen LogP contribution in [0, 0.1) is 0 Å². The molecule has 18 heavy (non-hydrogen) atoms. The zero-order valence-corrected chi connectivity index (χ0v) is 10.5. The summed E-state index contributed by atoms with van der Waals surface area (Å²) in [7, 11) is 0. The number of ether oxygens (including phenoxy) is 1. The van der Waals surface area contributed by atoms with Crippen molar-refractivity contribution in [1.29, 1.82) is 0 Å². The van der Waals surface area contributed by atoms with Crippen molar-refractivity contribution >= 4 is 17.9 Å². The van der Waals surface area contributed by atoms with Crippen molar-refractivity contribution in [3.05, 3.63) is 47.5 Å². The third-order valence-electron chi connectivity index (χ3n) is 2.47. The Balaban J connectivity index is 1.81. The second-order valence-corrected chi connectivity index (χ2v) is 4.22. The van der Waals surface area contributed by atoms with E-state index in [9.17, 15) is 4.79 Å². The molecule has 2 rings (SSSR count). The van der Waals surface area contributed by atoms with E-state index >= 15 is 0 Å². The quantitative estimate of drug-likeness (QED) is 0.595. The lowest BCUT2D eigenvalue weighted by atomic mass is 10.2. The van der Waals surface area contributed by atoms with Gasteiger partial charge in [-0.2, -0.15) is 0 Å². The number of rotatable bonds is 6. The van der Waals surface area contributed by atoms with Gasteiger partial charge in [-0.15, -0.1) is 0 Å². The molecule has 94 valence electrons. The van der Waals surface area contributed by atoms with Crippen LogP contribution in [0.5, 0.6) is 5.75 Å². The molecule has 1 aromatic heterocycles. The van der Waals surface area contributed by atoms with Crippen LogP contribution in [0.25, 0.3) is 0 Å². The molecule has 0 N–H and O–H groups in total. The molecule has 0 saturated heterocycles. The van der Waals surface area contributed by atoms with Crippen molar-refractivity contribution in [2.75, 3.05) is 6.61 Å². The summed E-state index contributed by atoms with van der Waals surface area (Å²) in [6, 6.07) is 4.99. The number of aldehydes is 1. The van der Waals surface area contributed by atoms with Crippen LogP contribution < -0.4 is 4.74 Å². The maximum atomic E-state index is 10.6. The van der Waals surface area contributed by atoms with E-state index in [1.165, 1.54) is 0 Å². The third kappa shape index (κ3) is 3.34.